The fourth-order valence-corrected chi connectivity index (χ4v) is 3.85. The Kier molecular flexibility index (Phi) is 6.84. The van der Waals surface area contributed by atoms with E-state index in [0.717, 1.165) is 28.2 Å². The monoisotopic (exact) mass is 463 g/mol. The van der Waals surface area contributed by atoms with Gasteiger partial charge in [-0.3, -0.25) is 4.79 Å². The third-order valence-corrected chi connectivity index (χ3v) is 5.89. The third-order valence-electron chi connectivity index (χ3n) is 5.46. The van der Waals surface area contributed by atoms with Gasteiger partial charge in [0.05, 0.1) is 30.7 Å². The number of aryl methyl sites for hydroxylation is 1. The average Bonchev–Trinajstić information content (AvgIpc) is 3.20. The number of amides is 1. The van der Waals surface area contributed by atoms with Crippen molar-refractivity contribution < 1.29 is 14.3 Å². The van der Waals surface area contributed by atoms with Gasteiger partial charge in [-0.05, 0) is 67.9 Å². The van der Waals surface area contributed by atoms with Gasteiger partial charge in [0.2, 0.25) is 0 Å². The number of nitrogens with zero attached hydrogens (tertiary/aromatic N) is 2. The Hall–Kier alpha value is -3.51. The zero-order chi connectivity index (χ0) is 23.4. The van der Waals surface area contributed by atoms with Crippen molar-refractivity contribution in [2.75, 3.05) is 13.7 Å². The topological polar surface area (TPSA) is 65.4 Å². The smallest absolute Gasteiger partial charge is 0.251 e. The van der Waals surface area contributed by atoms with Crippen LogP contribution in [0, 0.1) is 6.92 Å². The van der Waals surface area contributed by atoms with Crippen molar-refractivity contribution in [3.05, 3.63) is 88.7 Å². The fraction of sp³-hybridized carbons (Fsp3) is 0.231. The van der Waals surface area contributed by atoms with Crippen LogP contribution in [0.3, 0.4) is 0 Å². The molecule has 33 heavy (non-hydrogen) atoms. The number of carbonyl (C=O) groups excluding carboxylic acids is 1. The number of ether oxygens (including phenoxy) is 2. The normalized spacial score (nSPS) is 11.9. The minimum atomic E-state index is -0.311. The van der Waals surface area contributed by atoms with E-state index in [4.69, 9.17) is 26.1 Å². The predicted molar refractivity (Wildman–Crippen MR) is 130 cm³/mol. The lowest BCUT2D eigenvalue weighted by Gasteiger charge is -2.17. The molecule has 0 saturated heterocycles. The number of hydrogen-bond donors (Lipinski definition) is 1. The van der Waals surface area contributed by atoms with Crippen LogP contribution in [0.1, 0.15) is 34.7 Å². The Morgan fingerprint density at radius 2 is 1.91 bits per heavy atom. The van der Waals surface area contributed by atoms with Gasteiger partial charge in [0, 0.05) is 10.6 Å². The maximum atomic E-state index is 12.8. The molecule has 1 unspecified atom stereocenters. The Balaban J connectivity index is 1.53. The van der Waals surface area contributed by atoms with Crippen LogP contribution in [0.15, 0.2) is 66.7 Å². The number of benzene rings is 3. The fourth-order valence-electron chi connectivity index (χ4n) is 3.73. The van der Waals surface area contributed by atoms with Crippen molar-refractivity contribution in [2.24, 2.45) is 0 Å². The standard InChI is InChI=1S/C26H26ClN3O3/c1-17-15-21(11-12-22(17)27)33-14-13-30-24-10-5-4-9-23(24)29-25(30)18(2)28-26(31)19-7-6-8-20(16-19)32-3/h4-12,15-16,18H,13-14H2,1-3H3,(H,28,31). The molecule has 170 valence electrons. The number of nitrogens with one attached hydrogen (secondary N) is 1. The van der Waals surface area contributed by atoms with E-state index in [1.165, 1.54) is 0 Å². The van der Waals surface area contributed by atoms with E-state index >= 15 is 0 Å². The van der Waals surface area contributed by atoms with E-state index < -0.39 is 0 Å². The maximum Gasteiger partial charge on any atom is 0.251 e. The molecular weight excluding hydrogens is 438 g/mol. The molecule has 7 heteroatoms. The molecule has 1 amide bonds. The summed E-state index contributed by atoms with van der Waals surface area (Å²) in [6.45, 7) is 4.91. The van der Waals surface area contributed by atoms with Crippen molar-refractivity contribution in [1.82, 2.24) is 14.9 Å². The van der Waals surface area contributed by atoms with Crippen molar-refractivity contribution in [3.8, 4) is 11.5 Å². The van der Waals surface area contributed by atoms with Crippen LogP contribution in [0.5, 0.6) is 11.5 Å². The number of para-hydroxylation sites is 2. The first-order chi connectivity index (χ1) is 16.0. The molecule has 0 radical (unpaired) electrons. The molecule has 0 spiro atoms. The molecule has 4 rings (SSSR count). The summed E-state index contributed by atoms with van der Waals surface area (Å²) in [6.07, 6.45) is 0. The van der Waals surface area contributed by atoms with Gasteiger partial charge in [0.1, 0.15) is 23.9 Å². The van der Waals surface area contributed by atoms with E-state index in [-0.39, 0.29) is 11.9 Å². The van der Waals surface area contributed by atoms with Gasteiger partial charge in [0.15, 0.2) is 0 Å². The Labute approximate surface area is 198 Å². The molecule has 0 fully saturated rings. The van der Waals surface area contributed by atoms with Crippen molar-refractivity contribution in [1.29, 1.82) is 0 Å². The highest BCUT2D eigenvalue weighted by atomic mass is 35.5. The minimum Gasteiger partial charge on any atom is -0.497 e. The second kappa shape index (κ2) is 9.96. The predicted octanol–water partition coefficient (Wildman–Crippen LogP) is 5.58. The molecule has 3 aromatic carbocycles. The summed E-state index contributed by atoms with van der Waals surface area (Å²) < 4.78 is 13.3. The summed E-state index contributed by atoms with van der Waals surface area (Å²) in [5.74, 6) is 1.98. The summed E-state index contributed by atoms with van der Waals surface area (Å²) in [4.78, 5) is 17.6. The Morgan fingerprint density at radius 1 is 1.09 bits per heavy atom. The lowest BCUT2D eigenvalue weighted by molar-refractivity contribution is 0.0937. The van der Waals surface area contributed by atoms with Gasteiger partial charge in [-0.25, -0.2) is 4.98 Å². The number of imidazole rings is 1. The first-order valence-corrected chi connectivity index (χ1v) is 11.1. The molecule has 6 nitrogen and oxygen atoms in total. The van der Waals surface area contributed by atoms with Crippen LogP contribution >= 0.6 is 11.6 Å². The molecule has 1 aromatic heterocycles. The van der Waals surface area contributed by atoms with Gasteiger partial charge in [-0.1, -0.05) is 29.8 Å². The van der Waals surface area contributed by atoms with Crippen molar-refractivity contribution >= 4 is 28.5 Å². The van der Waals surface area contributed by atoms with E-state index in [9.17, 15) is 4.79 Å². The number of hydrogen-bond acceptors (Lipinski definition) is 4. The lowest BCUT2D eigenvalue weighted by atomic mass is 10.2. The molecule has 1 heterocycles. The summed E-state index contributed by atoms with van der Waals surface area (Å²) in [5.41, 5.74) is 3.37. The molecule has 4 aromatic rings. The molecule has 0 aliphatic carbocycles. The highest BCUT2D eigenvalue weighted by Gasteiger charge is 2.19. The number of methoxy groups -OCH3 is 1. The highest BCUT2D eigenvalue weighted by molar-refractivity contribution is 6.31. The summed E-state index contributed by atoms with van der Waals surface area (Å²) in [5, 5.41) is 3.77. The summed E-state index contributed by atoms with van der Waals surface area (Å²) in [6, 6.07) is 20.3. The van der Waals surface area contributed by atoms with Gasteiger partial charge in [-0.2, -0.15) is 0 Å². The second-order valence-electron chi connectivity index (χ2n) is 7.80. The zero-order valence-corrected chi connectivity index (χ0v) is 19.6. The summed E-state index contributed by atoms with van der Waals surface area (Å²) in [7, 11) is 1.58. The van der Waals surface area contributed by atoms with E-state index in [2.05, 4.69) is 9.88 Å². The van der Waals surface area contributed by atoms with Crippen LogP contribution < -0.4 is 14.8 Å². The molecule has 0 saturated carbocycles. The van der Waals surface area contributed by atoms with Crippen LogP contribution in [-0.4, -0.2) is 29.2 Å². The molecule has 0 aliphatic rings. The van der Waals surface area contributed by atoms with Crippen LogP contribution in [0.4, 0.5) is 0 Å². The van der Waals surface area contributed by atoms with Gasteiger partial charge in [0.25, 0.3) is 5.91 Å². The SMILES string of the molecule is COc1cccc(C(=O)NC(C)c2nc3ccccc3n2CCOc2ccc(Cl)c(C)c2)c1. The quantitative estimate of drug-likeness (QED) is 0.370. The van der Waals surface area contributed by atoms with Crippen LogP contribution in [-0.2, 0) is 6.54 Å². The van der Waals surface area contributed by atoms with Gasteiger partial charge < -0.3 is 19.4 Å². The maximum absolute atomic E-state index is 12.8. The molecule has 1 N–H and O–H groups in total. The highest BCUT2D eigenvalue weighted by Crippen LogP contribution is 2.23. The number of carbonyl (C=O) groups is 1. The molecular formula is C26H26ClN3O3. The number of rotatable bonds is 8. The number of aromatic nitrogens is 2. The van der Waals surface area contributed by atoms with Crippen molar-refractivity contribution in [3.63, 3.8) is 0 Å². The first-order valence-electron chi connectivity index (χ1n) is 10.8. The van der Waals surface area contributed by atoms with E-state index in [1.807, 2.05) is 62.4 Å². The zero-order valence-electron chi connectivity index (χ0n) is 18.8. The lowest BCUT2D eigenvalue weighted by Crippen LogP contribution is -2.29. The first kappa shape index (κ1) is 22.7. The molecule has 1 atom stereocenters. The van der Waals surface area contributed by atoms with Crippen molar-refractivity contribution in [2.45, 2.75) is 26.4 Å². The summed E-state index contributed by atoms with van der Waals surface area (Å²) >= 11 is 6.11. The van der Waals surface area contributed by atoms with Crippen LogP contribution in [0.2, 0.25) is 5.02 Å². The largest absolute Gasteiger partial charge is 0.497 e. The van der Waals surface area contributed by atoms with Gasteiger partial charge in [-0.15, -0.1) is 0 Å². The third kappa shape index (κ3) is 5.12. The average molecular weight is 464 g/mol. The minimum absolute atomic E-state index is 0.187. The second-order valence-corrected chi connectivity index (χ2v) is 8.20. The Morgan fingerprint density at radius 3 is 2.70 bits per heavy atom. The number of fused-ring (bicyclic) bond motifs is 1. The van der Waals surface area contributed by atoms with E-state index in [1.54, 1.807) is 25.3 Å². The van der Waals surface area contributed by atoms with Gasteiger partial charge >= 0.3 is 0 Å². The number of halogens is 1. The van der Waals surface area contributed by atoms with Crippen LogP contribution in [0.25, 0.3) is 11.0 Å². The Bertz CT molecular complexity index is 1290. The molecule has 0 aliphatic heterocycles. The molecule has 0 bridgehead atoms. The van der Waals surface area contributed by atoms with E-state index in [0.29, 0.717) is 29.5 Å².